The Kier molecular flexibility index (Phi) is 11.4. The summed E-state index contributed by atoms with van der Waals surface area (Å²) in [7, 11) is 2.79. The molecule has 2 aromatic rings. The first-order valence-electron chi connectivity index (χ1n) is 18.3. The second kappa shape index (κ2) is 16.2. The fraction of sp³-hybridized carbons (Fsp3) is 0.553. The van der Waals surface area contributed by atoms with Gasteiger partial charge in [-0.15, -0.1) is 0 Å². The largest absolute Gasteiger partial charge is 0.496 e. The number of amides is 3. The number of carbonyl (C=O) groups excluding carboxylic acids is 5. The lowest BCUT2D eigenvalue weighted by Crippen LogP contribution is -2.56. The van der Waals surface area contributed by atoms with E-state index in [1.54, 1.807) is 19.1 Å². The van der Waals surface area contributed by atoms with E-state index in [1.165, 1.54) is 25.2 Å². The van der Waals surface area contributed by atoms with Crippen molar-refractivity contribution in [2.24, 2.45) is 5.92 Å². The van der Waals surface area contributed by atoms with Crippen molar-refractivity contribution >= 4 is 46.8 Å². The highest BCUT2D eigenvalue weighted by atomic mass is 16.6. The highest BCUT2D eigenvalue weighted by Gasteiger charge is 2.62. The van der Waals surface area contributed by atoms with E-state index in [0.717, 1.165) is 51.2 Å². The molecule has 1 aromatic carbocycles. The molecule has 15 heteroatoms. The van der Waals surface area contributed by atoms with E-state index in [4.69, 9.17) is 24.5 Å². The van der Waals surface area contributed by atoms with Gasteiger partial charge in [0.05, 0.1) is 26.3 Å². The van der Waals surface area contributed by atoms with Gasteiger partial charge in [-0.1, -0.05) is 25.0 Å². The lowest BCUT2D eigenvalue weighted by Gasteiger charge is -2.29. The molecule has 53 heavy (non-hydrogen) atoms. The molecule has 0 bridgehead atoms. The van der Waals surface area contributed by atoms with Gasteiger partial charge in [-0.05, 0) is 70.4 Å². The minimum absolute atomic E-state index is 0.0366. The van der Waals surface area contributed by atoms with E-state index < -0.39 is 53.4 Å². The number of aryl methyl sites for hydroxylation is 1. The van der Waals surface area contributed by atoms with E-state index >= 15 is 0 Å². The maximum Gasteiger partial charge on any atom is 0.408 e. The van der Waals surface area contributed by atoms with Crippen molar-refractivity contribution in [3.63, 3.8) is 0 Å². The number of ether oxygens (including phenoxy) is 4. The number of allylic oxidation sites excluding steroid dienone is 1. The first kappa shape index (κ1) is 37.5. The molecule has 0 radical (unpaired) electrons. The number of fused-ring (bicyclic) bond motifs is 3. The van der Waals surface area contributed by atoms with E-state index in [9.17, 15) is 24.0 Å². The summed E-state index contributed by atoms with van der Waals surface area (Å²) in [6.07, 6.45) is 10.3. The summed E-state index contributed by atoms with van der Waals surface area (Å²) in [6, 6.07) is 2.86. The zero-order valence-electron chi connectivity index (χ0n) is 30.3. The van der Waals surface area contributed by atoms with Crippen LogP contribution >= 0.6 is 0 Å². The van der Waals surface area contributed by atoms with Gasteiger partial charge in [-0.2, -0.15) is 4.79 Å². The van der Waals surface area contributed by atoms with Crippen molar-refractivity contribution in [2.75, 3.05) is 20.8 Å². The van der Waals surface area contributed by atoms with E-state index in [2.05, 4.69) is 20.4 Å². The number of methoxy groups -OCH3 is 2. The number of alkyl carbamates (subject to hydrolysis) is 1. The van der Waals surface area contributed by atoms with E-state index in [0.29, 0.717) is 41.5 Å². The minimum atomic E-state index is -1.26. The van der Waals surface area contributed by atoms with Crippen LogP contribution in [0.1, 0.15) is 86.7 Å². The van der Waals surface area contributed by atoms with Crippen LogP contribution in [-0.2, 0) is 23.9 Å². The highest BCUT2D eigenvalue weighted by Crippen LogP contribution is 2.46. The van der Waals surface area contributed by atoms with Crippen molar-refractivity contribution in [2.45, 2.75) is 107 Å². The maximum atomic E-state index is 14.5. The first-order chi connectivity index (χ1) is 25.6. The molecule has 2 aliphatic heterocycles. The molecule has 3 amide bonds. The molecule has 15 nitrogen and oxygen atoms in total. The second-order valence-electron chi connectivity index (χ2n) is 14.2. The van der Waals surface area contributed by atoms with Crippen LogP contribution in [0.15, 0.2) is 30.4 Å². The molecule has 1 unspecified atom stereocenters. The SMILES string of the molecule is COC(=O)[C@@]12CC1C=CCCCCC[C@H](NC(=O)OC1CCCC1)C(=O)N1C[C@H](Oc3cc(C(=O)C=[N+]=[N-])nc4c(C)c(OC)ccc34)C[C@H]1C(=O)N2. The lowest BCUT2D eigenvalue weighted by molar-refractivity contribution is -0.148. The number of rotatable bonds is 8. The molecule has 2 N–H and O–H groups in total. The van der Waals surface area contributed by atoms with Crippen molar-refractivity contribution in [1.29, 1.82) is 0 Å². The van der Waals surface area contributed by atoms with Gasteiger partial charge in [0.2, 0.25) is 11.8 Å². The molecule has 1 aromatic heterocycles. The van der Waals surface area contributed by atoms with Gasteiger partial charge < -0.3 is 40.0 Å². The van der Waals surface area contributed by atoms with Crippen LogP contribution in [0.3, 0.4) is 0 Å². The van der Waals surface area contributed by atoms with Crippen molar-refractivity contribution < 1.29 is 47.7 Å². The van der Waals surface area contributed by atoms with Gasteiger partial charge in [0.25, 0.3) is 5.78 Å². The molecule has 3 heterocycles. The van der Waals surface area contributed by atoms with Gasteiger partial charge in [0.15, 0.2) is 0 Å². The normalized spacial score (nSPS) is 26.2. The maximum absolute atomic E-state index is 14.5. The molecule has 5 atom stereocenters. The van der Waals surface area contributed by atoms with Crippen LogP contribution in [0.5, 0.6) is 11.5 Å². The average Bonchev–Trinajstić information content (AvgIpc) is 3.42. The number of Topliss-reactive ketones (excluding diaryl/α,β-unsaturated/α-hetero) is 1. The zero-order chi connectivity index (χ0) is 37.7. The number of hydrogen-bond acceptors (Lipinski definition) is 10. The van der Waals surface area contributed by atoms with Gasteiger partial charge in [-0.25, -0.2) is 14.6 Å². The molecule has 6 rings (SSSR count). The van der Waals surface area contributed by atoms with Crippen LogP contribution in [0.2, 0.25) is 0 Å². The summed E-state index contributed by atoms with van der Waals surface area (Å²) >= 11 is 0. The number of hydrogen-bond donors (Lipinski definition) is 2. The molecule has 3 fully saturated rings. The van der Waals surface area contributed by atoms with Gasteiger partial charge >= 0.3 is 18.3 Å². The summed E-state index contributed by atoms with van der Waals surface area (Å²) in [5.41, 5.74) is 8.78. The standard InChI is InChI=1S/C38H46N6O9/c1-22-31(50-2)16-15-26-32(18-28(41-33(22)26)30(45)20-40-39)52-25-17-29-34(46)43-38(36(48)51-3)19-23(38)11-7-5-4-6-8-14-27(35(47)44(29)21-25)42-37(49)53-24-12-9-10-13-24/h7,11,15-16,18,20,23-25,27,29H,4-6,8-10,12-14,17,19,21H2,1-3H3,(H,42,49)(H,43,46)/t23?,25-,27+,29+,38-/m1/s1. The minimum Gasteiger partial charge on any atom is -0.496 e. The van der Waals surface area contributed by atoms with Crippen LogP contribution in [0.4, 0.5) is 4.79 Å². The monoisotopic (exact) mass is 730 g/mol. The zero-order valence-corrected chi connectivity index (χ0v) is 30.3. The average molecular weight is 731 g/mol. The lowest BCUT2D eigenvalue weighted by atomic mass is 10.0. The van der Waals surface area contributed by atoms with Crippen LogP contribution in [0, 0.1) is 12.8 Å². The number of nitrogens with one attached hydrogen (secondary N) is 2. The summed E-state index contributed by atoms with van der Waals surface area (Å²) in [5.74, 6) is -1.74. The van der Waals surface area contributed by atoms with Gasteiger partial charge in [0.1, 0.15) is 47.0 Å². The molecule has 4 aliphatic rings. The Morgan fingerprint density at radius 3 is 2.57 bits per heavy atom. The van der Waals surface area contributed by atoms with Crippen LogP contribution in [0.25, 0.3) is 16.4 Å². The predicted octanol–water partition coefficient (Wildman–Crippen LogP) is 3.99. The number of nitrogens with zero attached hydrogens (tertiary/aromatic N) is 4. The van der Waals surface area contributed by atoms with E-state index in [1.807, 2.05) is 12.2 Å². The molecular formula is C38H46N6O9. The number of esters is 1. The Morgan fingerprint density at radius 1 is 1.06 bits per heavy atom. The van der Waals surface area contributed by atoms with Crippen LogP contribution in [-0.4, -0.2) is 101 Å². The summed E-state index contributed by atoms with van der Waals surface area (Å²) < 4.78 is 22.8. The smallest absolute Gasteiger partial charge is 0.408 e. The number of benzene rings is 1. The highest BCUT2D eigenvalue weighted by molar-refractivity contribution is 6.33. The summed E-state index contributed by atoms with van der Waals surface area (Å²) in [4.78, 5) is 76.5. The fourth-order valence-electron chi connectivity index (χ4n) is 7.77. The van der Waals surface area contributed by atoms with E-state index in [-0.39, 0.29) is 36.4 Å². The quantitative estimate of drug-likeness (QED) is 0.100. The van der Waals surface area contributed by atoms with Crippen molar-refractivity contribution in [3.8, 4) is 11.5 Å². The summed E-state index contributed by atoms with van der Waals surface area (Å²) in [5, 5.41) is 6.27. The number of ketones is 1. The van der Waals surface area contributed by atoms with Crippen LogP contribution < -0.4 is 20.1 Å². The predicted molar refractivity (Wildman–Crippen MR) is 190 cm³/mol. The third-order valence-electron chi connectivity index (χ3n) is 10.7. The number of aromatic nitrogens is 1. The Hall–Kier alpha value is -5.30. The van der Waals surface area contributed by atoms with Crippen molar-refractivity contribution in [1.82, 2.24) is 20.5 Å². The Labute approximate surface area is 307 Å². The fourth-order valence-corrected chi connectivity index (χ4v) is 7.77. The third kappa shape index (κ3) is 8.04. The molecule has 282 valence electrons. The Balaban J connectivity index is 1.34. The topological polar surface area (TPSA) is 199 Å². The van der Waals surface area contributed by atoms with Gasteiger partial charge in [0, 0.05) is 29.4 Å². The number of carbonyl (C=O) groups is 5. The third-order valence-corrected chi connectivity index (χ3v) is 10.7. The molecule has 0 spiro atoms. The molecule has 2 saturated carbocycles. The van der Waals surface area contributed by atoms with Gasteiger partial charge in [-0.3, -0.25) is 14.4 Å². The van der Waals surface area contributed by atoms with Crippen molar-refractivity contribution in [3.05, 3.63) is 47.1 Å². The first-order valence-corrected chi connectivity index (χ1v) is 18.3. The second-order valence-corrected chi connectivity index (χ2v) is 14.2. The Bertz CT molecular complexity index is 1850. The Morgan fingerprint density at radius 2 is 1.83 bits per heavy atom. The summed E-state index contributed by atoms with van der Waals surface area (Å²) in [6.45, 7) is 1.74. The number of pyridine rings is 1. The molecule has 2 aliphatic carbocycles. The molecular weight excluding hydrogens is 684 g/mol. The molecule has 1 saturated heterocycles.